The van der Waals surface area contributed by atoms with E-state index in [4.69, 9.17) is 5.26 Å². The number of nitriles is 1. The van der Waals surface area contributed by atoms with Gasteiger partial charge < -0.3 is 0 Å². The van der Waals surface area contributed by atoms with Gasteiger partial charge in [0.05, 0.1) is 5.56 Å². The molecule has 0 radical (unpaired) electrons. The van der Waals surface area contributed by atoms with Crippen molar-refractivity contribution in [2.45, 2.75) is 26.2 Å². The van der Waals surface area contributed by atoms with Crippen LogP contribution in [0.4, 0.5) is 0 Å². The van der Waals surface area contributed by atoms with E-state index in [2.05, 4.69) is 61.3 Å². The van der Waals surface area contributed by atoms with Gasteiger partial charge in [0.25, 0.3) is 0 Å². The van der Waals surface area contributed by atoms with Crippen molar-refractivity contribution < 1.29 is 0 Å². The van der Waals surface area contributed by atoms with E-state index in [1.807, 2.05) is 4.40 Å². The van der Waals surface area contributed by atoms with E-state index in [0.717, 1.165) is 17.0 Å². The zero-order chi connectivity index (χ0) is 15.0. The molecule has 0 aliphatic rings. The highest BCUT2D eigenvalue weighted by Gasteiger charge is 2.14. The van der Waals surface area contributed by atoms with E-state index in [9.17, 15) is 0 Å². The van der Waals surface area contributed by atoms with Crippen LogP contribution in [0, 0.1) is 11.3 Å². The minimum atomic E-state index is 0.124. The summed E-state index contributed by atoms with van der Waals surface area (Å²) in [7, 11) is 0. The first kappa shape index (κ1) is 13.3. The van der Waals surface area contributed by atoms with Gasteiger partial charge in [0, 0.05) is 11.8 Å². The van der Waals surface area contributed by atoms with Gasteiger partial charge in [-0.05, 0) is 23.1 Å². The molecule has 2 aromatic heterocycles. The summed E-state index contributed by atoms with van der Waals surface area (Å²) in [6.07, 6.45) is 1.77. The Kier molecular flexibility index (Phi) is 2.99. The van der Waals surface area contributed by atoms with Crippen molar-refractivity contribution in [2.24, 2.45) is 0 Å². The van der Waals surface area contributed by atoms with E-state index in [-0.39, 0.29) is 5.41 Å². The molecule has 0 amide bonds. The number of benzene rings is 1. The summed E-state index contributed by atoms with van der Waals surface area (Å²) in [5, 5.41) is 17.4. The molecule has 104 valence electrons. The number of pyridine rings is 1. The van der Waals surface area contributed by atoms with Crippen molar-refractivity contribution in [3.63, 3.8) is 0 Å². The van der Waals surface area contributed by atoms with Crippen molar-refractivity contribution in [3.05, 3.63) is 53.7 Å². The molecule has 4 heteroatoms. The van der Waals surface area contributed by atoms with Gasteiger partial charge in [-0.25, -0.2) is 0 Å². The molecule has 21 heavy (non-hydrogen) atoms. The highest BCUT2D eigenvalue weighted by molar-refractivity contribution is 5.60. The molecule has 0 spiro atoms. The Labute approximate surface area is 123 Å². The van der Waals surface area contributed by atoms with Gasteiger partial charge in [-0.2, -0.15) is 5.26 Å². The summed E-state index contributed by atoms with van der Waals surface area (Å²) in [5.74, 6) is 0.752. The summed E-state index contributed by atoms with van der Waals surface area (Å²) in [5.41, 5.74) is 3.72. The van der Waals surface area contributed by atoms with Crippen LogP contribution >= 0.6 is 0 Å². The summed E-state index contributed by atoms with van der Waals surface area (Å²) in [6, 6.07) is 14.0. The maximum atomic E-state index is 9.02. The Morgan fingerprint density at radius 2 is 1.71 bits per heavy atom. The molecular formula is C17H16N4. The fourth-order valence-electron chi connectivity index (χ4n) is 2.27. The van der Waals surface area contributed by atoms with E-state index in [0.29, 0.717) is 5.56 Å². The van der Waals surface area contributed by atoms with Gasteiger partial charge in [0.2, 0.25) is 0 Å². The zero-order valence-corrected chi connectivity index (χ0v) is 12.3. The minimum Gasteiger partial charge on any atom is -0.281 e. The van der Waals surface area contributed by atoms with Gasteiger partial charge in [0.1, 0.15) is 6.07 Å². The van der Waals surface area contributed by atoms with Crippen molar-refractivity contribution in [2.75, 3.05) is 0 Å². The van der Waals surface area contributed by atoms with Gasteiger partial charge in [0.15, 0.2) is 11.5 Å². The monoisotopic (exact) mass is 276 g/mol. The van der Waals surface area contributed by atoms with Crippen LogP contribution in [0.5, 0.6) is 0 Å². The first-order valence-corrected chi connectivity index (χ1v) is 6.85. The lowest BCUT2D eigenvalue weighted by molar-refractivity contribution is 0.590. The third kappa shape index (κ3) is 2.38. The Hall–Kier alpha value is -2.67. The summed E-state index contributed by atoms with van der Waals surface area (Å²) >= 11 is 0. The van der Waals surface area contributed by atoms with Crippen LogP contribution in [0.15, 0.2) is 42.6 Å². The Bertz CT molecular complexity index is 830. The van der Waals surface area contributed by atoms with E-state index in [1.54, 1.807) is 18.3 Å². The van der Waals surface area contributed by atoms with Crippen LogP contribution in [0.2, 0.25) is 0 Å². The Balaban J connectivity index is 2.10. The largest absolute Gasteiger partial charge is 0.281 e. The van der Waals surface area contributed by atoms with Crippen molar-refractivity contribution >= 4 is 5.65 Å². The first-order valence-electron chi connectivity index (χ1n) is 6.85. The van der Waals surface area contributed by atoms with Gasteiger partial charge in [-0.1, -0.05) is 45.0 Å². The van der Waals surface area contributed by atoms with E-state index in [1.165, 1.54) is 5.56 Å². The standard InChI is InChI=1S/C17H16N4/c1-17(2,3)14-7-5-13(6-8-14)16-20-19-15-9-4-12(10-18)11-21(15)16/h4-9,11H,1-3H3. The fraction of sp³-hybridized carbons (Fsp3) is 0.235. The third-order valence-electron chi connectivity index (χ3n) is 3.54. The molecule has 0 saturated heterocycles. The molecule has 1 aromatic carbocycles. The maximum absolute atomic E-state index is 9.02. The summed E-state index contributed by atoms with van der Waals surface area (Å²) < 4.78 is 1.85. The predicted molar refractivity (Wildman–Crippen MR) is 81.8 cm³/mol. The van der Waals surface area contributed by atoms with Crippen LogP contribution in [-0.2, 0) is 5.41 Å². The van der Waals surface area contributed by atoms with E-state index < -0.39 is 0 Å². The first-order chi connectivity index (χ1) is 9.99. The molecule has 0 saturated carbocycles. The number of nitrogens with zero attached hydrogens (tertiary/aromatic N) is 4. The number of hydrogen-bond donors (Lipinski definition) is 0. The van der Waals surface area contributed by atoms with Crippen molar-refractivity contribution in [3.8, 4) is 17.5 Å². The molecular weight excluding hydrogens is 260 g/mol. The average molecular weight is 276 g/mol. The van der Waals surface area contributed by atoms with Crippen LogP contribution in [0.25, 0.3) is 17.0 Å². The lowest BCUT2D eigenvalue weighted by atomic mass is 9.87. The second-order valence-corrected chi connectivity index (χ2v) is 6.11. The molecule has 0 aliphatic heterocycles. The number of rotatable bonds is 1. The molecule has 0 bridgehead atoms. The van der Waals surface area contributed by atoms with Gasteiger partial charge in [-0.15, -0.1) is 10.2 Å². The topological polar surface area (TPSA) is 54.0 Å². The lowest BCUT2D eigenvalue weighted by Gasteiger charge is -2.18. The summed E-state index contributed by atoms with van der Waals surface area (Å²) in [6.45, 7) is 6.56. The second-order valence-electron chi connectivity index (χ2n) is 6.11. The van der Waals surface area contributed by atoms with E-state index >= 15 is 0 Å². The molecule has 3 aromatic rings. The van der Waals surface area contributed by atoms with Crippen LogP contribution in [0.1, 0.15) is 31.9 Å². The number of fused-ring (bicyclic) bond motifs is 1. The lowest BCUT2D eigenvalue weighted by Crippen LogP contribution is -2.10. The smallest absolute Gasteiger partial charge is 0.168 e. The fourth-order valence-corrected chi connectivity index (χ4v) is 2.27. The second kappa shape index (κ2) is 4.71. The quantitative estimate of drug-likeness (QED) is 0.682. The SMILES string of the molecule is CC(C)(C)c1ccc(-c2nnc3ccc(C#N)cn23)cc1. The summed E-state index contributed by atoms with van der Waals surface area (Å²) in [4.78, 5) is 0. The molecule has 4 nitrogen and oxygen atoms in total. The molecule has 0 unspecified atom stereocenters. The zero-order valence-electron chi connectivity index (χ0n) is 12.3. The molecule has 0 fully saturated rings. The highest BCUT2D eigenvalue weighted by Crippen LogP contribution is 2.25. The van der Waals surface area contributed by atoms with Crippen molar-refractivity contribution in [1.82, 2.24) is 14.6 Å². The van der Waals surface area contributed by atoms with Gasteiger partial charge in [-0.3, -0.25) is 4.40 Å². The highest BCUT2D eigenvalue weighted by atomic mass is 15.2. The third-order valence-corrected chi connectivity index (χ3v) is 3.54. The molecule has 3 rings (SSSR count). The number of hydrogen-bond acceptors (Lipinski definition) is 3. The van der Waals surface area contributed by atoms with Crippen LogP contribution < -0.4 is 0 Å². The minimum absolute atomic E-state index is 0.124. The van der Waals surface area contributed by atoms with Crippen molar-refractivity contribution in [1.29, 1.82) is 5.26 Å². The Morgan fingerprint density at radius 1 is 1.00 bits per heavy atom. The number of aromatic nitrogens is 3. The Morgan fingerprint density at radius 3 is 2.33 bits per heavy atom. The molecule has 0 aliphatic carbocycles. The average Bonchev–Trinajstić information content (AvgIpc) is 2.89. The maximum Gasteiger partial charge on any atom is 0.168 e. The molecule has 0 N–H and O–H groups in total. The predicted octanol–water partition coefficient (Wildman–Crippen LogP) is 3.57. The van der Waals surface area contributed by atoms with Crippen LogP contribution in [0.3, 0.4) is 0 Å². The molecule has 0 atom stereocenters. The molecule has 2 heterocycles. The van der Waals surface area contributed by atoms with Gasteiger partial charge >= 0.3 is 0 Å². The normalized spacial score (nSPS) is 11.5. The van der Waals surface area contributed by atoms with Crippen LogP contribution in [-0.4, -0.2) is 14.6 Å².